The molecule has 2 heteroatoms. The lowest BCUT2D eigenvalue weighted by Crippen LogP contribution is -3.26. The Morgan fingerprint density at radius 2 is 1.60 bits per heavy atom. The Hall–Kier alpha value is -0.860. The molecule has 15 heavy (non-hydrogen) atoms. The lowest BCUT2D eigenvalue weighted by molar-refractivity contribution is -1.01. The van der Waals surface area contributed by atoms with Crippen molar-refractivity contribution < 1.29 is 9.80 Å². The molecule has 0 aromatic heterocycles. The van der Waals surface area contributed by atoms with Crippen LogP contribution in [0.3, 0.4) is 0 Å². The molecule has 1 aromatic carbocycles. The molecular weight excluding hydrogens is 184 g/mol. The van der Waals surface area contributed by atoms with Crippen molar-refractivity contribution in [2.75, 3.05) is 33.2 Å². The monoisotopic (exact) mass is 206 g/mol. The zero-order valence-corrected chi connectivity index (χ0v) is 9.84. The molecule has 0 bridgehead atoms. The number of rotatable bonds is 2. The van der Waals surface area contributed by atoms with Crippen LogP contribution in [0.2, 0.25) is 0 Å². The predicted octanol–water partition coefficient (Wildman–Crippen LogP) is -1.09. The Balaban J connectivity index is 1.89. The van der Waals surface area contributed by atoms with Gasteiger partial charge in [0.1, 0.15) is 32.7 Å². The number of aryl methyl sites for hydroxylation is 1. The van der Waals surface area contributed by atoms with Crippen LogP contribution in [0.4, 0.5) is 0 Å². The lowest BCUT2D eigenvalue weighted by Gasteiger charge is -2.27. The summed E-state index contributed by atoms with van der Waals surface area (Å²) < 4.78 is 0. The second-order valence-corrected chi connectivity index (χ2v) is 4.87. The fourth-order valence-electron chi connectivity index (χ4n) is 2.20. The average Bonchev–Trinajstić information content (AvgIpc) is 2.25. The summed E-state index contributed by atoms with van der Waals surface area (Å²) in [5.41, 5.74) is 2.84. The molecule has 1 aliphatic rings. The molecule has 0 atom stereocenters. The summed E-state index contributed by atoms with van der Waals surface area (Å²) >= 11 is 0. The number of quaternary nitrogens is 2. The Labute approximate surface area is 92.5 Å². The van der Waals surface area contributed by atoms with Gasteiger partial charge in [0, 0.05) is 5.56 Å². The van der Waals surface area contributed by atoms with E-state index in [9.17, 15) is 0 Å². The van der Waals surface area contributed by atoms with E-state index in [2.05, 4.69) is 38.2 Å². The van der Waals surface area contributed by atoms with Crippen molar-refractivity contribution >= 4 is 0 Å². The van der Waals surface area contributed by atoms with E-state index >= 15 is 0 Å². The molecule has 1 saturated heterocycles. The average molecular weight is 206 g/mol. The Morgan fingerprint density at radius 3 is 2.20 bits per heavy atom. The van der Waals surface area contributed by atoms with Crippen molar-refractivity contribution in [3.8, 4) is 0 Å². The van der Waals surface area contributed by atoms with Gasteiger partial charge in [0.05, 0.1) is 7.05 Å². The zero-order chi connectivity index (χ0) is 10.7. The van der Waals surface area contributed by atoms with Gasteiger partial charge in [-0.3, -0.25) is 0 Å². The van der Waals surface area contributed by atoms with Crippen molar-refractivity contribution in [1.82, 2.24) is 0 Å². The summed E-state index contributed by atoms with van der Waals surface area (Å²) in [6.45, 7) is 8.63. The second kappa shape index (κ2) is 4.77. The van der Waals surface area contributed by atoms with Gasteiger partial charge in [0.15, 0.2) is 0 Å². The van der Waals surface area contributed by atoms with Gasteiger partial charge in [-0.15, -0.1) is 0 Å². The van der Waals surface area contributed by atoms with Gasteiger partial charge in [-0.2, -0.15) is 0 Å². The Bertz CT molecular complexity index is 297. The Kier molecular flexibility index (Phi) is 3.39. The van der Waals surface area contributed by atoms with E-state index in [-0.39, 0.29) is 0 Å². The second-order valence-electron chi connectivity index (χ2n) is 4.87. The molecule has 0 amide bonds. The molecule has 0 unspecified atom stereocenters. The predicted molar refractivity (Wildman–Crippen MR) is 62.2 cm³/mol. The first-order valence-corrected chi connectivity index (χ1v) is 5.94. The Morgan fingerprint density at radius 1 is 1.00 bits per heavy atom. The molecule has 82 valence electrons. The third kappa shape index (κ3) is 3.05. The van der Waals surface area contributed by atoms with E-state index in [0.29, 0.717) is 0 Å². The van der Waals surface area contributed by atoms with E-state index in [1.807, 2.05) is 0 Å². The highest BCUT2D eigenvalue weighted by molar-refractivity contribution is 5.20. The number of likely N-dealkylation sites (N-methyl/N-ethyl adjacent to an activating group) is 1. The maximum absolute atomic E-state index is 2.29. The topological polar surface area (TPSA) is 8.88 Å². The number of nitrogens with one attached hydrogen (secondary N) is 2. The normalized spacial score (nSPS) is 26.5. The van der Waals surface area contributed by atoms with Crippen LogP contribution in [0, 0.1) is 6.92 Å². The van der Waals surface area contributed by atoms with Gasteiger partial charge in [-0.1, -0.05) is 29.8 Å². The molecule has 1 aromatic rings. The fraction of sp³-hybridized carbons (Fsp3) is 0.538. The first-order valence-electron chi connectivity index (χ1n) is 5.94. The van der Waals surface area contributed by atoms with Crippen molar-refractivity contribution in [2.45, 2.75) is 13.5 Å². The standard InChI is InChI=1S/C13H20N2/c1-12-3-5-13(6-4-12)11-15-9-7-14(2)8-10-15/h3-6H,7-11H2,1-2H3/p+2. The first kappa shape index (κ1) is 10.7. The lowest BCUT2D eigenvalue weighted by atomic mass is 10.1. The third-order valence-corrected chi connectivity index (χ3v) is 3.39. The molecule has 0 aliphatic carbocycles. The van der Waals surface area contributed by atoms with Gasteiger partial charge in [0.2, 0.25) is 0 Å². The molecule has 2 nitrogen and oxygen atoms in total. The highest BCUT2D eigenvalue weighted by atomic mass is 15.2. The molecule has 1 aliphatic heterocycles. The molecule has 0 saturated carbocycles. The van der Waals surface area contributed by atoms with E-state index in [1.165, 1.54) is 43.9 Å². The van der Waals surface area contributed by atoms with Gasteiger partial charge in [-0.25, -0.2) is 0 Å². The minimum Gasteiger partial charge on any atom is -0.328 e. The largest absolute Gasteiger partial charge is 0.328 e. The van der Waals surface area contributed by atoms with Crippen molar-refractivity contribution in [1.29, 1.82) is 0 Å². The van der Waals surface area contributed by atoms with Crippen molar-refractivity contribution in [2.24, 2.45) is 0 Å². The van der Waals surface area contributed by atoms with Crippen LogP contribution in [-0.2, 0) is 6.54 Å². The van der Waals surface area contributed by atoms with Crippen LogP contribution in [0.1, 0.15) is 11.1 Å². The van der Waals surface area contributed by atoms with E-state index < -0.39 is 0 Å². The number of hydrogen-bond donors (Lipinski definition) is 2. The molecule has 0 spiro atoms. The van der Waals surface area contributed by atoms with Crippen LogP contribution in [0.15, 0.2) is 24.3 Å². The maximum Gasteiger partial charge on any atom is 0.127 e. The molecule has 2 N–H and O–H groups in total. The molecule has 1 heterocycles. The first-order chi connectivity index (χ1) is 7.24. The number of hydrogen-bond acceptors (Lipinski definition) is 0. The smallest absolute Gasteiger partial charge is 0.127 e. The van der Waals surface area contributed by atoms with Crippen LogP contribution < -0.4 is 9.80 Å². The highest BCUT2D eigenvalue weighted by Crippen LogP contribution is 2.01. The minimum atomic E-state index is 1.20. The number of piperazine rings is 1. The van der Waals surface area contributed by atoms with Gasteiger partial charge in [-0.05, 0) is 6.92 Å². The number of benzene rings is 1. The van der Waals surface area contributed by atoms with E-state index in [1.54, 1.807) is 9.80 Å². The van der Waals surface area contributed by atoms with Crippen LogP contribution in [0.5, 0.6) is 0 Å². The molecular formula is C13H22N2+2. The minimum absolute atomic E-state index is 1.20. The summed E-state index contributed by atoms with van der Waals surface area (Å²) in [7, 11) is 2.29. The quantitative estimate of drug-likeness (QED) is 0.608. The van der Waals surface area contributed by atoms with E-state index in [0.717, 1.165) is 0 Å². The maximum atomic E-state index is 2.29. The molecule has 2 rings (SSSR count). The van der Waals surface area contributed by atoms with Gasteiger partial charge < -0.3 is 9.80 Å². The van der Waals surface area contributed by atoms with Gasteiger partial charge >= 0.3 is 0 Å². The fourth-order valence-corrected chi connectivity index (χ4v) is 2.20. The summed E-state index contributed by atoms with van der Waals surface area (Å²) in [5.74, 6) is 0. The molecule has 1 fully saturated rings. The molecule has 0 radical (unpaired) electrons. The van der Waals surface area contributed by atoms with Gasteiger partial charge in [0.25, 0.3) is 0 Å². The SMILES string of the molecule is Cc1ccc(C[NH+]2CC[NH+](C)CC2)cc1. The third-order valence-electron chi connectivity index (χ3n) is 3.39. The van der Waals surface area contributed by atoms with E-state index in [4.69, 9.17) is 0 Å². The summed E-state index contributed by atoms with van der Waals surface area (Å²) in [4.78, 5) is 3.42. The summed E-state index contributed by atoms with van der Waals surface area (Å²) in [5, 5.41) is 0. The van der Waals surface area contributed by atoms with Crippen LogP contribution >= 0.6 is 0 Å². The van der Waals surface area contributed by atoms with Crippen LogP contribution in [-0.4, -0.2) is 33.2 Å². The van der Waals surface area contributed by atoms with Crippen molar-refractivity contribution in [3.05, 3.63) is 35.4 Å². The highest BCUT2D eigenvalue weighted by Gasteiger charge is 2.19. The zero-order valence-electron chi connectivity index (χ0n) is 9.84. The van der Waals surface area contributed by atoms with Crippen LogP contribution in [0.25, 0.3) is 0 Å². The summed E-state index contributed by atoms with van der Waals surface area (Å²) in [6.07, 6.45) is 0. The van der Waals surface area contributed by atoms with Crippen molar-refractivity contribution in [3.63, 3.8) is 0 Å². The summed E-state index contributed by atoms with van der Waals surface area (Å²) in [6, 6.07) is 8.98.